The Morgan fingerprint density at radius 3 is 2.20 bits per heavy atom. The Bertz CT molecular complexity index is 1980. The maximum absolute atomic E-state index is 15.4. The van der Waals surface area contributed by atoms with Crippen LogP contribution in [0.2, 0.25) is 0 Å². The average molecular weight is 715 g/mol. The summed E-state index contributed by atoms with van der Waals surface area (Å²) < 4.78 is 52.3. The topological polar surface area (TPSA) is 138 Å². The van der Waals surface area contributed by atoms with Crippen molar-refractivity contribution in [1.82, 2.24) is 19.7 Å². The van der Waals surface area contributed by atoms with Crippen LogP contribution in [0.3, 0.4) is 0 Å². The van der Waals surface area contributed by atoms with E-state index in [0.717, 1.165) is 56.5 Å². The van der Waals surface area contributed by atoms with Gasteiger partial charge in [0.15, 0.2) is 10.6 Å². The van der Waals surface area contributed by atoms with Gasteiger partial charge in [0, 0.05) is 56.4 Å². The lowest BCUT2D eigenvalue weighted by Crippen LogP contribution is -2.73. The first-order valence-electron chi connectivity index (χ1n) is 17.4. The van der Waals surface area contributed by atoms with Crippen LogP contribution < -0.4 is 18.5 Å². The molecule has 4 fully saturated rings. The van der Waals surface area contributed by atoms with Gasteiger partial charge in [0.1, 0.15) is 17.2 Å². The molecule has 14 heteroatoms. The first-order chi connectivity index (χ1) is 24.7. The van der Waals surface area contributed by atoms with Crippen molar-refractivity contribution in [3.8, 4) is 23.3 Å². The predicted molar refractivity (Wildman–Crippen MR) is 186 cm³/mol. The van der Waals surface area contributed by atoms with Crippen LogP contribution in [0, 0.1) is 16.7 Å². The molecule has 0 N–H and O–H groups in total. The lowest BCUT2D eigenvalue weighted by molar-refractivity contribution is -0.161. The molecule has 1 atom stereocenters. The third-order valence-electron chi connectivity index (χ3n) is 11.4. The van der Waals surface area contributed by atoms with Gasteiger partial charge in [-0.05, 0) is 73.7 Å². The number of carbonyl (C=O) groups excluding carboxylic acids is 1. The van der Waals surface area contributed by atoms with Crippen molar-refractivity contribution < 1.29 is 32.2 Å². The second-order valence-electron chi connectivity index (χ2n) is 14.1. The molecule has 3 aromatic rings. The quantitative estimate of drug-likeness (QED) is 0.305. The molecule has 5 heterocycles. The Hall–Kier alpha value is -4.26. The van der Waals surface area contributed by atoms with Gasteiger partial charge < -0.3 is 18.9 Å². The number of likely N-dealkylation sites (tertiary alicyclic amines) is 1. The molecular weight excluding hydrogens is 673 g/mol. The Labute approximate surface area is 298 Å². The van der Waals surface area contributed by atoms with E-state index in [9.17, 15) is 13.7 Å². The first kappa shape index (κ1) is 33.9. The fraction of sp³-hybridized carbons (Fsp3) is 0.486. The molecule has 8 rings (SSSR count). The molecule has 51 heavy (non-hydrogen) atoms. The van der Waals surface area contributed by atoms with Gasteiger partial charge in [-0.25, -0.2) is 4.98 Å². The lowest BCUT2D eigenvalue weighted by Gasteiger charge is -2.65. The van der Waals surface area contributed by atoms with E-state index >= 15 is 4.79 Å². The summed E-state index contributed by atoms with van der Waals surface area (Å²) in [7, 11) is -1.51. The van der Waals surface area contributed by atoms with Crippen LogP contribution >= 0.6 is 0 Å². The van der Waals surface area contributed by atoms with Crippen molar-refractivity contribution in [2.75, 3.05) is 77.6 Å². The molecule has 1 aromatic heterocycles. The minimum absolute atomic E-state index is 0.0155. The van der Waals surface area contributed by atoms with Gasteiger partial charge in [-0.15, -0.1) is 0 Å². The Morgan fingerprint density at radius 2 is 1.61 bits per heavy atom. The maximum atomic E-state index is 15.4. The number of piperazine rings is 1. The van der Waals surface area contributed by atoms with Gasteiger partial charge in [0.25, 0.3) is 15.9 Å². The zero-order chi connectivity index (χ0) is 35.5. The minimum Gasteiger partial charge on any atom is -0.497 e. The number of hydrogen-bond donors (Lipinski definition) is 0. The van der Waals surface area contributed by atoms with E-state index in [0.29, 0.717) is 65.7 Å². The molecule has 2 aromatic carbocycles. The van der Waals surface area contributed by atoms with E-state index in [1.807, 2.05) is 6.92 Å². The number of ether oxygens (including phenoxy) is 4. The summed E-state index contributed by atoms with van der Waals surface area (Å²) in [5, 5.41) is 9.75. The molecule has 1 saturated carbocycles. The van der Waals surface area contributed by atoms with E-state index in [4.69, 9.17) is 18.9 Å². The summed E-state index contributed by atoms with van der Waals surface area (Å²) in [6, 6.07) is 16.0. The second-order valence-corrected chi connectivity index (χ2v) is 15.9. The van der Waals surface area contributed by atoms with Crippen molar-refractivity contribution in [2.24, 2.45) is 5.41 Å². The molecule has 0 radical (unpaired) electrons. The number of hydrogen-bond acceptors (Lipinski definition) is 12. The van der Waals surface area contributed by atoms with Gasteiger partial charge in [-0.2, -0.15) is 18.0 Å². The normalized spacial score (nSPS) is 24.0. The summed E-state index contributed by atoms with van der Waals surface area (Å²) in [6.07, 6.45) is 3.31. The van der Waals surface area contributed by atoms with Crippen LogP contribution in [0.15, 0.2) is 59.8 Å². The van der Waals surface area contributed by atoms with Crippen molar-refractivity contribution in [1.29, 1.82) is 5.26 Å². The largest absolute Gasteiger partial charge is 0.497 e. The fourth-order valence-electron chi connectivity index (χ4n) is 8.71. The number of rotatable bonds is 10. The maximum Gasteiger partial charge on any atom is 0.288 e. The predicted octanol–water partition coefficient (Wildman–Crippen LogP) is 2.83. The van der Waals surface area contributed by atoms with E-state index in [1.165, 1.54) is 31.5 Å². The van der Waals surface area contributed by atoms with Crippen molar-refractivity contribution in [3.05, 3.63) is 71.4 Å². The van der Waals surface area contributed by atoms with Crippen molar-refractivity contribution >= 4 is 21.6 Å². The zero-order valence-electron chi connectivity index (χ0n) is 29.1. The van der Waals surface area contributed by atoms with Crippen LogP contribution in [0.1, 0.15) is 36.5 Å². The summed E-state index contributed by atoms with van der Waals surface area (Å²) in [5.41, 5.74) is -0.303. The smallest absolute Gasteiger partial charge is 0.288 e. The number of carbonyl (C=O) groups is 1. The number of amides is 1. The van der Waals surface area contributed by atoms with Crippen LogP contribution in [0.25, 0.3) is 0 Å². The van der Waals surface area contributed by atoms with E-state index in [2.05, 4.69) is 25.8 Å². The highest BCUT2D eigenvalue weighted by molar-refractivity contribution is 7.93. The van der Waals surface area contributed by atoms with E-state index < -0.39 is 21.5 Å². The molecule has 1 amide bonds. The number of methoxy groups -OCH3 is 2. The number of benzene rings is 2. The van der Waals surface area contributed by atoms with Gasteiger partial charge in [0.2, 0.25) is 0 Å². The zero-order valence-corrected chi connectivity index (χ0v) is 29.9. The number of pyridine rings is 1. The number of fused-ring (bicyclic) bond motifs is 1. The van der Waals surface area contributed by atoms with Gasteiger partial charge >= 0.3 is 0 Å². The number of nitrogens with zero attached hydrogens (tertiary/aromatic N) is 6. The SMILES string of the molecule is CCOc1ccc(OC)cc1C1(N2CC3(CC(N4CCN(C5COC5)CC4)C3)C2)C(=O)N(S(=O)(=O)c2ccc(OC)cn2)c2ccc(C#N)cc21. The van der Waals surface area contributed by atoms with Crippen LogP contribution in [-0.2, 0) is 25.1 Å². The summed E-state index contributed by atoms with van der Waals surface area (Å²) in [5.74, 6) is 0.626. The monoisotopic (exact) mass is 714 g/mol. The second kappa shape index (κ2) is 12.8. The third kappa shape index (κ3) is 5.28. The van der Waals surface area contributed by atoms with Gasteiger partial charge in [-0.1, -0.05) is 0 Å². The van der Waals surface area contributed by atoms with E-state index in [1.54, 1.807) is 37.4 Å². The summed E-state index contributed by atoms with van der Waals surface area (Å²) in [6.45, 7) is 9.13. The molecular formula is C37H42N6O7S. The fourth-order valence-corrected chi connectivity index (χ4v) is 10.1. The molecule has 1 unspecified atom stereocenters. The van der Waals surface area contributed by atoms with Crippen LogP contribution in [0.5, 0.6) is 17.2 Å². The minimum atomic E-state index is -4.52. The Kier molecular flexibility index (Phi) is 8.46. The molecule has 13 nitrogen and oxygen atoms in total. The Morgan fingerprint density at radius 1 is 0.922 bits per heavy atom. The molecule has 4 aliphatic heterocycles. The molecule has 1 aliphatic carbocycles. The van der Waals surface area contributed by atoms with E-state index in [-0.39, 0.29) is 16.1 Å². The molecule has 5 aliphatic rings. The van der Waals surface area contributed by atoms with Crippen molar-refractivity contribution in [2.45, 2.75) is 42.4 Å². The van der Waals surface area contributed by atoms with Crippen molar-refractivity contribution in [3.63, 3.8) is 0 Å². The molecule has 3 saturated heterocycles. The standard InChI is InChI=1S/C37H42N6O7S/c1-4-50-33-9-6-28(47-2)16-31(33)37(42-23-36(24-42)17-26(18-36)40-11-13-41(14-12-40)27-21-49-22-27)30-15-25(19-38)5-8-32(30)43(35(37)44)51(45,46)34-10-7-29(48-3)20-39-34/h5-10,15-16,20,26-27H,4,11-14,17-18,21-24H2,1-3H3. The van der Waals surface area contributed by atoms with Gasteiger partial charge in [-0.3, -0.25) is 19.5 Å². The number of aromatic nitrogens is 1. The first-order valence-corrected chi connectivity index (χ1v) is 18.9. The molecule has 0 bridgehead atoms. The number of sulfonamides is 1. The van der Waals surface area contributed by atoms with Gasteiger partial charge in [0.05, 0.1) is 63.6 Å². The summed E-state index contributed by atoms with van der Waals surface area (Å²) in [4.78, 5) is 26.8. The highest BCUT2D eigenvalue weighted by Gasteiger charge is 2.67. The van der Waals surface area contributed by atoms with Crippen LogP contribution in [-0.4, -0.2) is 119 Å². The number of nitriles is 1. The molecule has 1 spiro atoms. The highest BCUT2D eigenvalue weighted by Crippen LogP contribution is 2.60. The Balaban J connectivity index is 1.18. The van der Waals surface area contributed by atoms with Crippen LogP contribution in [0.4, 0.5) is 5.69 Å². The summed E-state index contributed by atoms with van der Waals surface area (Å²) >= 11 is 0. The highest BCUT2D eigenvalue weighted by atomic mass is 32.2. The average Bonchev–Trinajstić information content (AvgIpc) is 3.35. The number of anilines is 1. The lowest BCUT2D eigenvalue weighted by atomic mass is 9.58. The molecule has 268 valence electrons. The third-order valence-corrected chi connectivity index (χ3v) is 13.0.